The highest BCUT2D eigenvalue weighted by Gasteiger charge is 2.24. The van der Waals surface area contributed by atoms with E-state index < -0.39 is 21.9 Å². The van der Waals surface area contributed by atoms with Gasteiger partial charge in [-0.2, -0.15) is 0 Å². The maximum absolute atomic E-state index is 13.3. The Labute approximate surface area is 119 Å². The van der Waals surface area contributed by atoms with Gasteiger partial charge in [-0.3, -0.25) is 0 Å². The SMILES string of the molecule is Cc1cc(F)c(N)cc1S(=O)(=O)NC(CCO)C(C)C. The van der Waals surface area contributed by atoms with Crippen molar-refractivity contribution in [3.63, 3.8) is 0 Å². The van der Waals surface area contributed by atoms with Gasteiger partial charge in [0.25, 0.3) is 0 Å². The van der Waals surface area contributed by atoms with Crippen molar-refractivity contribution in [3.05, 3.63) is 23.5 Å². The predicted octanol–water partition coefficient (Wildman–Crippen LogP) is 1.40. The Balaban J connectivity index is 3.13. The van der Waals surface area contributed by atoms with E-state index in [-0.39, 0.29) is 28.7 Å². The lowest BCUT2D eigenvalue weighted by Gasteiger charge is -2.22. The third-order valence-corrected chi connectivity index (χ3v) is 4.77. The molecule has 20 heavy (non-hydrogen) atoms. The first-order chi connectivity index (χ1) is 9.19. The van der Waals surface area contributed by atoms with Gasteiger partial charge >= 0.3 is 0 Å². The molecule has 0 radical (unpaired) electrons. The van der Waals surface area contributed by atoms with Crippen molar-refractivity contribution < 1.29 is 17.9 Å². The highest BCUT2D eigenvalue weighted by atomic mass is 32.2. The molecule has 1 aromatic carbocycles. The molecule has 1 aromatic rings. The fourth-order valence-electron chi connectivity index (χ4n) is 1.89. The molecule has 0 aliphatic heterocycles. The van der Waals surface area contributed by atoms with Crippen LogP contribution >= 0.6 is 0 Å². The summed E-state index contributed by atoms with van der Waals surface area (Å²) in [5.74, 6) is -0.618. The second-order valence-corrected chi connectivity index (χ2v) is 6.81. The van der Waals surface area contributed by atoms with Gasteiger partial charge in [-0.1, -0.05) is 13.8 Å². The topological polar surface area (TPSA) is 92.4 Å². The second kappa shape index (κ2) is 6.51. The largest absolute Gasteiger partial charge is 0.396 e. The Kier molecular flexibility index (Phi) is 5.50. The zero-order chi connectivity index (χ0) is 15.5. The molecule has 0 aromatic heterocycles. The minimum Gasteiger partial charge on any atom is -0.396 e. The molecule has 0 aliphatic carbocycles. The van der Waals surface area contributed by atoms with Gasteiger partial charge in [0.2, 0.25) is 10.0 Å². The molecule has 0 aliphatic rings. The van der Waals surface area contributed by atoms with Crippen LogP contribution in [0, 0.1) is 18.7 Å². The molecule has 0 bridgehead atoms. The molecule has 0 fully saturated rings. The number of hydrogen-bond donors (Lipinski definition) is 3. The van der Waals surface area contributed by atoms with E-state index in [1.54, 1.807) is 0 Å². The van der Waals surface area contributed by atoms with Gasteiger partial charge in [-0.05, 0) is 37.0 Å². The maximum atomic E-state index is 13.3. The molecular weight excluding hydrogens is 283 g/mol. The lowest BCUT2D eigenvalue weighted by molar-refractivity contribution is 0.256. The van der Waals surface area contributed by atoms with Gasteiger partial charge in [0, 0.05) is 12.6 Å². The monoisotopic (exact) mass is 304 g/mol. The first-order valence-corrected chi connectivity index (χ1v) is 7.86. The molecule has 114 valence electrons. The van der Waals surface area contributed by atoms with E-state index in [1.807, 2.05) is 13.8 Å². The summed E-state index contributed by atoms with van der Waals surface area (Å²) in [6.45, 7) is 5.10. The molecule has 0 saturated heterocycles. The highest BCUT2D eigenvalue weighted by Crippen LogP contribution is 2.22. The van der Waals surface area contributed by atoms with Gasteiger partial charge in [0.05, 0.1) is 10.6 Å². The van der Waals surface area contributed by atoms with Crippen LogP contribution in [0.15, 0.2) is 17.0 Å². The van der Waals surface area contributed by atoms with E-state index in [9.17, 15) is 12.8 Å². The summed E-state index contributed by atoms with van der Waals surface area (Å²) < 4.78 is 40.5. The Hall–Kier alpha value is -1.18. The Morgan fingerprint density at radius 2 is 2.00 bits per heavy atom. The minimum atomic E-state index is -3.80. The maximum Gasteiger partial charge on any atom is 0.241 e. The molecule has 1 atom stereocenters. The zero-order valence-corrected chi connectivity index (χ0v) is 12.7. The summed E-state index contributed by atoms with van der Waals surface area (Å²) >= 11 is 0. The smallest absolute Gasteiger partial charge is 0.241 e. The highest BCUT2D eigenvalue weighted by molar-refractivity contribution is 7.89. The van der Waals surface area contributed by atoms with Crippen molar-refractivity contribution in [2.75, 3.05) is 12.3 Å². The van der Waals surface area contributed by atoms with Crippen molar-refractivity contribution in [1.29, 1.82) is 0 Å². The number of aryl methyl sites for hydroxylation is 1. The summed E-state index contributed by atoms with van der Waals surface area (Å²) in [6, 6.07) is 1.82. The first-order valence-electron chi connectivity index (χ1n) is 6.38. The van der Waals surface area contributed by atoms with E-state index in [4.69, 9.17) is 10.8 Å². The fourth-order valence-corrected chi connectivity index (χ4v) is 3.57. The summed E-state index contributed by atoms with van der Waals surface area (Å²) in [5.41, 5.74) is 5.51. The van der Waals surface area contributed by atoms with Crippen LogP contribution in [0.3, 0.4) is 0 Å². The molecule has 5 nitrogen and oxygen atoms in total. The van der Waals surface area contributed by atoms with Gasteiger partial charge in [0.1, 0.15) is 5.82 Å². The number of aliphatic hydroxyl groups excluding tert-OH is 1. The molecule has 1 unspecified atom stereocenters. The van der Waals surface area contributed by atoms with Crippen LogP contribution in [0.5, 0.6) is 0 Å². The molecule has 7 heteroatoms. The van der Waals surface area contributed by atoms with E-state index in [2.05, 4.69) is 4.72 Å². The van der Waals surface area contributed by atoms with Gasteiger partial charge in [-0.25, -0.2) is 17.5 Å². The van der Waals surface area contributed by atoms with E-state index >= 15 is 0 Å². The number of rotatable bonds is 6. The molecule has 0 heterocycles. The number of sulfonamides is 1. The van der Waals surface area contributed by atoms with E-state index in [0.717, 1.165) is 12.1 Å². The van der Waals surface area contributed by atoms with Crippen LogP contribution in [0.1, 0.15) is 25.8 Å². The van der Waals surface area contributed by atoms with Gasteiger partial charge < -0.3 is 10.8 Å². The van der Waals surface area contributed by atoms with Crippen molar-refractivity contribution in [2.24, 2.45) is 5.92 Å². The number of nitrogens with two attached hydrogens (primary N) is 1. The van der Waals surface area contributed by atoms with Crippen molar-refractivity contribution in [2.45, 2.75) is 38.1 Å². The molecule has 4 N–H and O–H groups in total. The molecular formula is C13H21FN2O3S. The fraction of sp³-hybridized carbons (Fsp3) is 0.538. The Morgan fingerprint density at radius 1 is 1.40 bits per heavy atom. The predicted molar refractivity (Wildman–Crippen MR) is 76.2 cm³/mol. The number of hydrogen-bond acceptors (Lipinski definition) is 4. The van der Waals surface area contributed by atoms with Crippen LogP contribution in [0.25, 0.3) is 0 Å². The quantitative estimate of drug-likeness (QED) is 0.693. The number of nitrogen functional groups attached to an aromatic ring is 1. The number of nitrogens with one attached hydrogen (secondary N) is 1. The van der Waals surface area contributed by atoms with Crippen molar-refractivity contribution >= 4 is 15.7 Å². The van der Waals surface area contributed by atoms with E-state index in [0.29, 0.717) is 6.42 Å². The number of anilines is 1. The summed E-state index contributed by atoms with van der Waals surface area (Å²) in [5, 5.41) is 8.98. The minimum absolute atomic E-state index is 0.0232. The number of benzene rings is 1. The average molecular weight is 304 g/mol. The molecule has 1 rings (SSSR count). The molecule has 0 saturated carbocycles. The second-order valence-electron chi connectivity index (χ2n) is 5.12. The summed E-state index contributed by atoms with van der Waals surface area (Å²) in [7, 11) is -3.80. The normalized spacial score (nSPS) is 13.7. The Bertz CT molecular complexity index is 573. The third-order valence-electron chi connectivity index (χ3n) is 3.14. The average Bonchev–Trinajstić information content (AvgIpc) is 2.32. The van der Waals surface area contributed by atoms with Crippen LogP contribution in [-0.2, 0) is 10.0 Å². The number of aliphatic hydroxyl groups is 1. The van der Waals surface area contributed by atoms with Crippen molar-refractivity contribution in [1.82, 2.24) is 4.72 Å². The van der Waals surface area contributed by atoms with Gasteiger partial charge in [0.15, 0.2) is 0 Å². The third kappa shape index (κ3) is 3.91. The first kappa shape index (κ1) is 16.9. The van der Waals surface area contributed by atoms with Crippen LogP contribution in [0.4, 0.5) is 10.1 Å². The lowest BCUT2D eigenvalue weighted by atomic mass is 10.0. The summed E-state index contributed by atoms with van der Waals surface area (Å²) in [6.07, 6.45) is 0.312. The Morgan fingerprint density at radius 3 is 2.50 bits per heavy atom. The van der Waals surface area contributed by atoms with E-state index in [1.165, 1.54) is 6.92 Å². The molecule has 0 amide bonds. The van der Waals surface area contributed by atoms with Crippen LogP contribution < -0.4 is 10.5 Å². The van der Waals surface area contributed by atoms with Crippen LogP contribution in [-0.4, -0.2) is 26.2 Å². The number of halogens is 1. The van der Waals surface area contributed by atoms with Crippen LogP contribution in [0.2, 0.25) is 0 Å². The summed E-state index contributed by atoms with van der Waals surface area (Å²) in [4.78, 5) is -0.0417. The lowest BCUT2D eigenvalue weighted by Crippen LogP contribution is -2.39. The van der Waals surface area contributed by atoms with Crippen molar-refractivity contribution in [3.8, 4) is 0 Å². The van der Waals surface area contributed by atoms with Gasteiger partial charge in [-0.15, -0.1) is 0 Å². The standard InChI is InChI=1S/C13H21FN2O3S/c1-8(2)12(4-5-17)16-20(18,19)13-7-11(15)10(14)6-9(13)3/h6-8,12,16-17H,4-5,15H2,1-3H3. The molecule has 0 spiro atoms. The zero-order valence-electron chi connectivity index (χ0n) is 11.9.